The van der Waals surface area contributed by atoms with E-state index < -0.39 is 0 Å². The molecule has 0 radical (unpaired) electrons. The lowest BCUT2D eigenvalue weighted by Gasteiger charge is -2.15. The second kappa shape index (κ2) is 6.39. The first-order valence-corrected chi connectivity index (χ1v) is 6.61. The standard InChI is InChI=1S/C17H21NO/c1-4-7-15-11-10-14-8-5-6-9-16(14)17(15)19-13-12-18(2)3/h4-6,8-11H,1,7,12-13H2,2-3H3. The van der Waals surface area contributed by atoms with E-state index in [2.05, 4.69) is 62.0 Å². The number of benzene rings is 2. The molecule has 0 heterocycles. The molecule has 0 N–H and O–H groups in total. The molecule has 0 aliphatic heterocycles. The van der Waals surface area contributed by atoms with Crippen molar-refractivity contribution in [2.75, 3.05) is 27.2 Å². The maximum absolute atomic E-state index is 6.02. The van der Waals surface area contributed by atoms with E-state index in [0.29, 0.717) is 6.61 Å². The van der Waals surface area contributed by atoms with E-state index in [1.165, 1.54) is 16.3 Å². The smallest absolute Gasteiger partial charge is 0.130 e. The average Bonchev–Trinajstić information content (AvgIpc) is 2.40. The van der Waals surface area contributed by atoms with Crippen LogP contribution in [0.25, 0.3) is 10.8 Å². The number of hydrogen-bond donors (Lipinski definition) is 0. The zero-order valence-corrected chi connectivity index (χ0v) is 11.7. The molecule has 0 amide bonds. The summed E-state index contributed by atoms with van der Waals surface area (Å²) in [4.78, 5) is 2.12. The molecular formula is C17H21NO. The summed E-state index contributed by atoms with van der Waals surface area (Å²) in [5.74, 6) is 1.000. The minimum absolute atomic E-state index is 0.700. The first-order valence-electron chi connectivity index (χ1n) is 6.61. The van der Waals surface area contributed by atoms with Crippen LogP contribution in [0.4, 0.5) is 0 Å². The summed E-state index contributed by atoms with van der Waals surface area (Å²) in [6.07, 6.45) is 2.76. The van der Waals surface area contributed by atoms with Gasteiger partial charge in [-0.25, -0.2) is 0 Å². The van der Waals surface area contributed by atoms with Gasteiger partial charge in [0.15, 0.2) is 0 Å². The third-order valence-corrected chi connectivity index (χ3v) is 3.11. The molecule has 0 atom stereocenters. The van der Waals surface area contributed by atoms with Gasteiger partial charge >= 0.3 is 0 Å². The van der Waals surface area contributed by atoms with Gasteiger partial charge in [0.2, 0.25) is 0 Å². The van der Waals surface area contributed by atoms with E-state index in [0.717, 1.165) is 18.7 Å². The van der Waals surface area contributed by atoms with Crippen molar-refractivity contribution < 1.29 is 4.74 Å². The van der Waals surface area contributed by atoms with E-state index in [1.54, 1.807) is 0 Å². The topological polar surface area (TPSA) is 12.5 Å². The van der Waals surface area contributed by atoms with Crippen LogP contribution in [0.1, 0.15) is 5.56 Å². The number of ether oxygens (including phenoxy) is 1. The Balaban J connectivity index is 2.34. The van der Waals surface area contributed by atoms with E-state index in [1.807, 2.05) is 6.08 Å². The van der Waals surface area contributed by atoms with Crippen molar-refractivity contribution in [3.63, 3.8) is 0 Å². The molecule has 0 unspecified atom stereocenters. The minimum Gasteiger partial charge on any atom is -0.491 e. The van der Waals surface area contributed by atoms with Gasteiger partial charge in [-0.2, -0.15) is 0 Å². The molecular weight excluding hydrogens is 234 g/mol. The van der Waals surface area contributed by atoms with Crippen molar-refractivity contribution in [2.24, 2.45) is 0 Å². The molecule has 0 bridgehead atoms. The van der Waals surface area contributed by atoms with Crippen LogP contribution in [0.5, 0.6) is 5.75 Å². The highest BCUT2D eigenvalue weighted by atomic mass is 16.5. The normalized spacial score (nSPS) is 10.9. The summed E-state index contributed by atoms with van der Waals surface area (Å²) in [5.41, 5.74) is 1.20. The zero-order chi connectivity index (χ0) is 13.7. The van der Waals surface area contributed by atoms with Crippen LogP contribution in [0.3, 0.4) is 0 Å². The Morgan fingerprint density at radius 1 is 1.16 bits per heavy atom. The molecule has 0 aromatic heterocycles. The van der Waals surface area contributed by atoms with E-state index in [4.69, 9.17) is 4.74 Å². The summed E-state index contributed by atoms with van der Waals surface area (Å²) >= 11 is 0. The van der Waals surface area contributed by atoms with Gasteiger partial charge in [-0.1, -0.05) is 42.5 Å². The molecule has 2 nitrogen and oxygen atoms in total. The average molecular weight is 255 g/mol. The van der Waals surface area contributed by atoms with Crippen LogP contribution in [-0.2, 0) is 6.42 Å². The number of nitrogens with zero attached hydrogens (tertiary/aromatic N) is 1. The molecule has 0 spiro atoms. The molecule has 2 aromatic rings. The molecule has 100 valence electrons. The molecule has 0 aliphatic carbocycles. The third kappa shape index (κ3) is 3.36. The lowest BCUT2D eigenvalue weighted by atomic mass is 10.0. The number of fused-ring (bicyclic) bond motifs is 1. The van der Waals surface area contributed by atoms with Gasteiger partial charge in [0.1, 0.15) is 12.4 Å². The summed E-state index contributed by atoms with van der Waals surface area (Å²) in [5, 5.41) is 2.40. The van der Waals surface area contributed by atoms with Gasteiger partial charge in [-0.3, -0.25) is 0 Å². The highest BCUT2D eigenvalue weighted by molar-refractivity contribution is 5.89. The number of rotatable bonds is 6. The van der Waals surface area contributed by atoms with Crippen molar-refractivity contribution in [1.82, 2.24) is 4.90 Å². The Morgan fingerprint density at radius 2 is 1.95 bits per heavy atom. The molecule has 2 heteroatoms. The van der Waals surface area contributed by atoms with Gasteiger partial charge in [0.25, 0.3) is 0 Å². The van der Waals surface area contributed by atoms with Gasteiger partial charge in [0.05, 0.1) is 0 Å². The van der Waals surface area contributed by atoms with Crippen molar-refractivity contribution in [2.45, 2.75) is 6.42 Å². The van der Waals surface area contributed by atoms with E-state index in [9.17, 15) is 0 Å². The first-order chi connectivity index (χ1) is 9.22. The molecule has 2 aromatic carbocycles. The van der Waals surface area contributed by atoms with Crippen LogP contribution < -0.4 is 4.74 Å². The van der Waals surface area contributed by atoms with E-state index >= 15 is 0 Å². The van der Waals surface area contributed by atoms with Crippen molar-refractivity contribution >= 4 is 10.8 Å². The Bertz CT molecular complexity index is 560. The lowest BCUT2D eigenvalue weighted by Crippen LogP contribution is -2.19. The van der Waals surface area contributed by atoms with Crippen LogP contribution >= 0.6 is 0 Å². The largest absolute Gasteiger partial charge is 0.491 e. The zero-order valence-electron chi connectivity index (χ0n) is 11.7. The van der Waals surface area contributed by atoms with Crippen LogP contribution in [0, 0.1) is 0 Å². The monoisotopic (exact) mass is 255 g/mol. The predicted molar refractivity (Wildman–Crippen MR) is 81.9 cm³/mol. The summed E-state index contributed by atoms with van der Waals surface area (Å²) in [7, 11) is 4.11. The molecule has 0 saturated carbocycles. The number of hydrogen-bond acceptors (Lipinski definition) is 2. The summed E-state index contributed by atoms with van der Waals surface area (Å²) < 4.78 is 6.02. The second-order valence-corrected chi connectivity index (χ2v) is 4.92. The highest BCUT2D eigenvalue weighted by Crippen LogP contribution is 2.30. The SMILES string of the molecule is C=CCc1ccc2ccccc2c1OCCN(C)C. The fourth-order valence-electron chi connectivity index (χ4n) is 2.11. The molecule has 19 heavy (non-hydrogen) atoms. The van der Waals surface area contributed by atoms with E-state index in [-0.39, 0.29) is 0 Å². The fraction of sp³-hybridized carbons (Fsp3) is 0.294. The first kappa shape index (κ1) is 13.6. The second-order valence-electron chi connectivity index (χ2n) is 4.92. The highest BCUT2D eigenvalue weighted by Gasteiger charge is 2.08. The Labute approximate surface area is 115 Å². The van der Waals surface area contributed by atoms with Crippen molar-refractivity contribution in [1.29, 1.82) is 0 Å². The quantitative estimate of drug-likeness (QED) is 0.732. The molecule has 0 saturated heterocycles. The van der Waals surface area contributed by atoms with Gasteiger partial charge in [0, 0.05) is 11.9 Å². The Hall–Kier alpha value is -1.80. The molecule has 0 aliphatic rings. The lowest BCUT2D eigenvalue weighted by molar-refractivity contribution is 0.262. The molecule has 2 rings (SSSR count). The molecule has 0 fully saturated rings. The van der Waals surface area contributed by atoms with Crippen LogP contribution in [0.15, 0.2) is 49.1 Å². The predicted octanol–water partition coefficient (Wildman–Crippen LogP) is 3.51. The van der Waals surface area contributed by atoms with Crippen LogP contribution in [-0.4, -0.2) is 32.1 Å². The van der Waals surface area contributed by atoms with Crippen LogP contribution in [0.2, 0.25) is 0 Å². The number of allylic oxidation sites excluding steroid dienone is 1. The maximum atomic E-state index is 6.02. The van der Waals surface area contributed by atoms with Gasteiger partial charge in [-0.15, -0.1) is 6.58 Å². The number of likely N-dealkylation sites (N-methyl/N-ethyl adjacent to an activating group) is 1. The maximum Gasteiger partial charge on any atom is 0.130 e. The third-order valence-electron chi connectivity index (χ3n) is 3.11. The summed E-state index contributed by atoms with van der Waals surface area (Å²) in [6.45, 7) is 5.43. The minimum atomic E-state index is 0.700. The summed E-state index contributed by atoms with van der Waals surface area (Å²) in [6, 6.07) is 12.6. The van der Waals surface area contributed by atoms with Gasteiger partial charge < -0.3 is 9.64 Å². The fourth-order valence-corrected chi connectivity index (χ4v) is 2.11. The van der Waals surface area contributed by atoms with Crippen molar-refractivity contribution in [3.05, 3.63) is 54.6 Å². The van der Waals surface area contributed by atoms with Gasteiger partial charge in [-0.05, 0) is 31.5 Å². The Morgan fingerprint density at radius 3 is 2.68 bits per heavy atom. The Kier molecular flexibility index (Phi) is 4.58. The van der Waals surface area contributed by atoms with Crippen molar-refractivity contribution in [3.8, 4) is 5.75 Å².